The molecule has 1 aromatic heterocycles. The average molecular weight is 341 g/mol. The molecule has 0 unspecified atom stereocenters. The third-order valence-electron chi connectivity index (χ3n) is 5.85. The van der Waals surface area contributed by atoms with Crippen molar-refractivity contribution in [1.29, 1.82) is 0 Å². The lowest BCUT2D eigenvalue weighted by atomic mass is 9.78. The van der Waals surface area contributed by atoms with Crippen molar-refractivity contribution in [3.8, 4) is 0 Å². The lowest BCUT2D eigenvalue weighted by Crippen LogP contribution is -2.49. The molecule has 2 fully saturated rings. The molecule has 1 amide bonds. The number of nitrogens with zero attached hydrogens (tertiary/aromatic N) is 1. The molecule has 1 saturated heterocycles. The van der Waals surface area contributed by atoms with E-state index in [0.717, 1.165) is 35.9 Å². The van der Waals surface area contributed by atoms with Crippen LogP contribution in [0.4, 0.5) is 0 Å². The molecule has 0 N–H and O–H groups in total. The first-order chi connectivity index (χ1) is 12.3. The summed E-state index contributed by atoms with van der Waals surface area (Å²) >= 11 is 0. The predicted octanol–water partition coefficient (Wildman–Crippen LogP) is 4.76. The minimum atomic E-state index is 0.0579. The van der Waals surface area contributed by atoms with E-state index in [1.54, 1.807) is 0 Å². The third-order valence-corrected chi connectivity index (χ3v) is 5.85. The van der Waals surface area contributed by atoms with Gasteiger partial charge in [-0.15, -0.1) is 0 Å². The van der Waals surface area contributed by atoms with Gasteiger partial charge in [0.15, 0.2) is 5.76 Å². The molecule has 0 spiro atoms. The summed E-state index contributed by atoms with van der Waals surface area (Å²) in [5.41, 5.74) is 1.68. The third kappa shape index (κ3) is 3.08. The van der Waals surface area contributed by atoms with Crippen LogP contribution in [0.2, 0.25) is 0 Å². The number of para-hydroxylation sites is 1. The number of hydrogen-bond acceptors (Lipinski definition) is 3. The number of carbonyl (C=O) groups excluding carboxylic acids is 1. The fraction of sp³-hybridized carbons (Fsp3) is 0.571. The van der Waals surface area contributed by atoms with E-state index in [1.165, 1.54) is 25.7 Å². The molecular weight excluding hydrogens is 314 g/mol. The normalized spacial score (nSPS) is 23.6. The molecule has 0 radical (unpaired) electrons. The summed E-state index contributed by atoms with van der Waals surface area (Å²) in [6, 6.07) is 8.27. The summed E-state index contributed by atoms with van der Waals surface area (Å²) in [5, 5.41) is 0.997. The van der Waals surface area contributed by atoms with Crippen LogP contribution in [0, 0.1) is 5.92 Å². The predicted molar refractivity (Wildman–Crippen MR) is 97.6 cm³/mol. The average Bonchev–Trinajstić information content (AvgIpc) is 3.04. The van der Waals surface area contributed by atoms with Crippen LogP contribution in [0.15, 0.2) is 28.7 Å². The Morgan fingerprint density at radius 3 is 2.88 bits per heavy atom. The monoisotopic (exact) mass is 341 g/mol. The molecule has 1 aliphatic heterocycles. The summed E-state index contributed by atoms with van der Waals surface area (Å²) in [6.07, 6.45) is 7.31. The van der Waals surface area contributed by atoms with Crippen molar-refractivity contribution in [2.75, 3.05) is 13.2 Å². The van der Waals surface area contributed by atoms with Crippen LogP contribution < -0.4 is 0 Å². The SMILES string of the molecule is CCOCc1c(C(=O)N2CCC[C@@H]3CCCC[C@H]32)oc2ccccc12. The van der Waals surface area contributed by atoms with Gasteiger partial charge in [-0.25, -0.2) is 0 Å². The second-order valence-corrected chi connectivity index (χ2v) is 7.30. The van der Waals surface area contributed by atoms with Gasteiger partial charge in [-0.05, 0) is 44.6 Å². The number of furan rings is 1. The molecular formula is C21H27NO3. The second kappa shape index (κ2) is 7.20. The van der Waals surface area contributed by atoms with Crippen LogP contribution in [-0.4, -0.2) is 30.0 Å². The van der Waals surface area contributed by atoms with Crippen molar-refractivity contribution >= 4 is 16.9 Å². The second-order valence-electron chi connectivity index (χ2n) is 7.30. The van der Waals surface area contributed by atoms with Crippen molar-refractivity contribution in [3.05, 3.63) is 35.6 Å². The van der Waals surface area contributed by atoms with E-state index in [1.807, 2.05) is 31.2 Å². The van der Waals surface area contributed by atoms with Gasteiger partial charge < -0.3 is 14.1 Å². The van der Waals surface area contributed by atoms with Crippen molar-refractivity contribution in [3.63, 3.8) is 0 Å². The minimum absolute atomic E-state index is 0.0579. The van der Waals surface area contributed by atoms with E-state index in [-0.39, 0.29) is 5.91 Å². The van der Waals surface area contributed by atoms with Gasteiger partial charge in [0.05, 0.1) is 6.61 Å². The Labute approximate surface area is 149 Å². The summed E-state index contributed by atoms with van der Waals surface area (Å²) in [6.45, 7) is 3.88. The van der Waals surface area contributed by atoms with Gasteiger partial charge >= 0.3 is 0 Å². The summed E-state index contributed by atoms with van der Waals surface area (Å²) in [7, 11) is 0. The molecule has 2 atom stereocenters. The topological polar surface area (TPSA) is 42.7 Å². The first kappa shape index (κ1) is 16.6. The van der Waals surface area contributed by atoms with E-state index in [2.05, 4.69) is 4.90 Å². The minimum Gasteiger partial charge on any atom is -0.451 e. The van der Waals surface area contributed by atoms with Crippen LogP contribution in [0.25, 0.3) is 11.0 Å². The smallest absolute Gasteiger partial charge is 0.290 e. The number of fused-ring (bicyclic) bond motifs is 2. The zero-order valence-corrected chi connectivity index (χ0v) is 15.0. The van der Waals surface area contributed by atoms with Crippen LogP contribution in [0.1, 0.15) is 61.6 Å². The molecule has 1 saturated carbocycles. The quantitative estimate of drug-likeness (QED) is 0.805. The fourth-order valence-electron chi connectivity index (χ4n) is 4.63. The Bertz CT molecular complexity index is 749. The Morgan fingerprint density at radius 1 is 1.20 bits per heavy atom. The number of likely N-dealkylation sites (tertiary alicyclic amines) is 1. The molecule has 2 aromatic rings. The molecule has 4 nitrogen and oxygen atoms in total. The first-order valence-corrected chi connectivity index (χ1v) is 9.68. The molecule has 1 aliphatic carbocycles. The van der Waals surface area contributed by atoms with Crippen molar-refractivity contribution in [1.82, 2.24) is 4.90 Å². The van der Waals surface area contributed by atoms with Gasteiger partial charge in [-0.3, -0.25) is 4.79 Å². The van der Waals surface area contributed by atoms with Crippen LogP contribution in [0.5, 0.6) is 0 Å². The zero-order valence-electron chi connectivity index (χ0n) is 15.0. The summed E-state index contributed by atoms with van der Waals surface area (Å²) in [4.78, 5) is 15.5. The lowest BCUT2D eigenvalue weighted by molar-refractivity contribution is 0.0358. The van der Waals surface area contributed by atoms with Gasteiger partial charge in [0.25, 0.3) is 5.91 Å². The highest BCUT2D eigenvalue weighted by molar-refractivity contribution is 5.99. The molecule has 4 heteroatoms. The maximum Gasteiger partial charge on any atom is 0.290 e. The van der Waals surface area contributed by atoms with Crippen molar-refractivity contribution in [2.24, 2.45) is 5.92 Å². The van der Waals surface area contributed by atoms with E-state index < -0.39 is 0 Å². The highest BCUT2D eigenvalue weighted by atomic mass is 16.5. The fourth-order valence-corrected chi connectivity index (χ4v) is 4.63. The van der Waals surface area contributed by atoms with Crippen LogP contribution in [-0.2, 0) is 11.3 Å². The first-order valence-electron chi connectivity index (χ1n) is 9.68. The Balaban J connectivity index is 1.69. The molecule has 2 aliphatic rings. The van der Waals surface area contributed by atoms with E-state index in [0.29, 0.717) is 30.9 Å². The number of carbonyl (C=O) groups is 1. The summed E-state index contributed by atoms with van der Waals surface area (Å²) in [5.74, 6) is 1.22. The standard InChI is InChI=1S/C21H27NO3/c1-2-24-14-17-16-10-4-6-12-19(16)25-20(17)21(23)22-13-7-9-15-8-3-5-11-18(15)22/h4,6,10,12,15,18H,2-3,5,7-9,11,13-14H2,1H3/t15-,18+/m0/s1. The number of hydrogen-bond donors (Lipinski definition) is 0. The van der Waals surface area contributed by atoms with E-state index in [4.69, 9.17) is 9.15 Å². The number of piperidine rings is 1. The maximum atomic E-state index is 13.4. The molecule has 1 aromatic carbocycles. The number of benzene rings is 1. The lowest BCUT2D eigenvalue weighted by Gasteiger charge is -2.43. The van der Waals surface area contributed by atoms with Gasteiger partial charge in [0.2, 0.25) is 0 Å². The van der Waals surface area contributed by atoms with Gasteiger partial charge in [-0.1, -0.05) is 31.0 Å². The number of rotatable bonds is 4. The Hall–Kier alpha value is -1.81. The van der Waals surface area contributed by atoms with E-state index >= 15 is 0 Å². The van der Waals surface area contributed by atoms with Crippen LogP contribution >= 0.6 is 0 Å². The molecule has 0 bridgehead atoms. The van der Waals surface area contributed by atoms with E-state index in [9.17, 15) is 4.79 Å². The van der Waals surface area contributed by atoms with Gasteiger partial charge in [-0.2, -0.15) is 0 Å². The largest absolute Gasteiger partial charge is 0.451 e. The Morgan fingerprint density at radius 2 is 2.00 bits per heavy atom. The summed E-state index contributed by atoms with van der Waals surface area (Å²) < 4.78 is 11.7. The van der Waals surface area contributed by atoms with Crippen molar-refractivity contribution in [2.45, 2.75) is 58.1 Å². The molecule has 25 heavy (non-hydrogen) atoms. The zero-order chi connectivity index (χ0) is 17.2. The Kier molecular flexibility index (Phi) is 4.80. The number of amides is 1. The van der Waals surface area contributed by atoms with Gasteiger partial charge in [0.1, 0.15) is 5.58 Å². The van der Waals surface area contributed by atoms with Crippen molar-refractivity contribution < 1.29 is 13.9 Å². The van der Waals surface area contributed by atoms with Gasteiger partial charge in [0, 0.05) is 30.1 Å². The molecule has 134 valence electrons. The molecule has 2 heterocycles. The highest BCUT2D eigenvalue weighted by Gasteiger charge is 2.38. The highest BCUT2D eigenvalue weighted by Crippen LogP contribution is 2.37. The number of ether oxygens (including phenoxy) is 1. The molecule has 4 rings (SSSR count). The maximum absolute atomic E-state index is 13.4. The van der Waals surface area contributed by atoms with Crippen LogP contribution in [0.3, 0.4) is 0 Å².